The van der Waals surface area contributed by atoms with Crippen LogP contribution >= 0.6 is 0 Å². The van der Waals surface area contributed by atoms with E-state index in [1.165, 1.54) is 25.7 Å². The summed E-state index contributed by atoms with van der Waals surface area (Å²) in [6.45, 7) is 10.5. The lowest BCUT2D eigenvalue weighted by Crippen LogP contribution is -2.51. The molecule has 0 aromatic carbocycles. The molecule has 0 heterocycles. The summed E-state index contributed by atoms with van der Waals surface area (Å²) in [4.78, 5) is 7.24. The molecule has 1 aliphatic rings. The Balaban J connectivity index is 2.63. The zero-order valence-electron chi connectivity index (χ0n) is 15.2. The third kappa shape index (κ3) is 6.13. The van der Waals surface area contributed by atoms with E-state index in [2.05, 4.69) is 43.5 Å². The number of nitrogens with one attached hydrogen (secondary N) is 2. The van der Waals surface area contributed by atoms with Crippen molar-refractivity contribution in [2.75, 3.05) is 46.9 Å². The summed E-state index contributed by atoms with van der Waals surface area (Å²) in [6.07, 6.45) is 5.14. The highest BCUT2D eigenvalue weighted by Gasteiger charge is 2.36. The normalized spacial score (nSPS) is 26.3. The molecule has 0 radical (unpaired) electrons. The molecule has 0 aliphatic heterocycles. The van der Waals surface area contributed by atoms with E-state index >= 15 is 0 Å². The number of rotatable bonds is 8. The Bertz CT molecular complexity index is 333. The second-order valence-corrected chi connectivity index (χ2v) is 6.64. The van der Waals surface area contributed by atoms with Crippen LogP contribution in [0.5, 0.6) is 0 Å². The van der Waals surface area contributed by atoms with E-state index in [0.717, 1.165) is 44.7 Å². The molecule has 2 atom stereocenters. The quantitative estimate of drug-likeness (QED) is 0.409. The van der Waals surface area contributed by atoms with Gasteiger partial charge in [-0.1, -0.05) is 19.8 Å². The topological polar surface area (TPSA) is 48.9 Å². The van der Waals surface area contributed by atoms with Gasteiger partial charge in [-0.3, -0.25) is 4.99 Å². The van der Waals surface area contributed by atoms with Crippen molar-refractivity contribution >= 4 is 5.96 Å². The maximum absolute atomic E-state index is 5.38. The number of hydrogen-bond acceptors (Lipinski definition) is 3. The van der Waals surface area contributed by atoms with E-state index in [1.54, 1.807) is 0 Å². The Morgan fingerprint density at radius 1 is 1.32 bits per heavy atom. The molecule has 2 N–H and O–H groups in total. The Hall–Kier alpha value is -0.810. The molecule has 0 bridgehead atoms. The van der Waals surface area contributed by atoms with Gasteiger partial charge in [0.15, 0.2) is 5.96 Å². The largest absolute Gasteiger partial charge is 0.380 e. The first-order valence-corrected chi connectivity index (χ1v) is 8.81. The molecule has 2 unspecified atom stereocenters. The van der Waals surface area contributed by atoms with Gasteiger partial charge in [-0.2, -0.15) is 0 Å². The zero-order chi connectivity index (χ0) is 16.4. The van der Waals surface area contributed by atoms with Gasteiger partial charge < -0.3 is 20.3 Å². The molecule has 1 fully saturated rings. The van der Waals surface area contributed by atoms with E-state index < -0.39 is 0 Å². The molecule has 0 amide bonds. The van der Waals surface area contributed by atoms with Gasteiger partial charge >= 0.3 is 0 Å². The molecule has 22 heavy (non-hydrogen) atoms. The van der Waals surface area contributed by atoms with Crippen LogP contribution in [0.2, 0.25) is 0 Å². The summed E-state index contributed by atoms with van der Waals surface area (Å²) in [7, 11) is 4.39. The van der Waals surface area contributed by atoms with Gasteiger partial charge in [0.25, 0.3) is 0 Å². The predicted octanol–water partition coefficient (Wildman–Crippen LogP) is 2.09. The molecule has 0 aromatic rings. The van der Waals surface area contributed by atoms with E-state index in [4.69, 9.17) is 9.73 Å². The lowest BCUT2D eigenvalue weighted by atomic mass is 9.75. The zero-order valence-corrected chi connectivity index (χ0v) is 15.2. The molecule has 130 valence electrons. The average molecular weight is 313 g/mol. The summed E-state index contributed by atoms with van der Waals surface area (Å²) in [5, 5.41) is 6.69. The van der Waals surface area contributed by atoms with Crippen LogP contribution in [-0.2, 0) is 4.74 Å². The molecule has 5 nitrogen and oxygen atoms in total. The number of likely N-dealkylation sites (N-methyl/N-ethyl adjacent to an activating group) is 1. The minimum Gasteiger partial charge on any atom is -0.380 e. The maximum atomic E-state index is 5.38. The van der Waals surface area contributed by atoms with Gasteiger partial charge in [0.1, 0.15) is 0 Å². The number of guanidine groups is 1. The number of ether oxygens (including phenoxy) is 1. The van der Waals surface area contributed by atoms with Crippen LogP contribution < -0.4 is 10.6 Å². The number of aliphatic imine (C=N–C) groups is 1. The fourth-order valence-corrected chi connectivity index (χ4v) is 3.28. The number of nitrogens with zero attached hydrogens (tertiary/aromatic N) is 2. The fourth-order valence-electron chi connectivity index (χ4n) is 3.28. The van der Waals surface area contributed by atoms with Crippen molar-refractivity contribution in [1.29, 1.82) is 0 Å². The highest BCUT2D eigenvalue weighted by molar-refractivity contribution is 5.79. The average Bonchev–Trinajstić information content (AvgIpc) is 2.49. The molecule has 5 heteroatoms. The lowest BCUT2D eigenvalue weighted by Gasteiger charge is -2.44. The standard InChI is InChI=1S/C17H36N4O/c1-6-18-16(19-11-12-22-7-2)20-14-17(21(4)5)10-8-9-15(3)13-17/h15H,6-14H2,1-5H3,(H2,18,19,20). The van der Waals surface area contributed by atoms with Gasteiger partial charge in [0.05, 0.1) is 13.2 Å². The van der Waals surface area contributed by atoms with Crippen LogP contribution in [0.1, 0.15) is 46.5 Å². The Morgan fingerprint density at radius 3 is 2.68 bits per heavy atom. The summed E-state index contributed by atoms with van der Waals surface area (Å²) >= 11 is 0. The fraction of sp³-hybridized carbons (Fsp3) is 0.941. The van der Waals surface area contributed by atoms with Crippen molar-refractivity contribution in [3.8, 4) is 0 Å². The smallest absolute Gasteiger partial charge is 0.191 e. The molecule has 0 aromatic heterocycles. The molecule has 0 spiro atoms. The lowest BCUT2D eigenvalue weighted by molar-refractivity contribution is 0.0844. The van der Waals surface area contributed by atoms with Gasteiger partial charge in [0.2, 0.25) is 0 Å². The van der Waals surface area contributed by atoms with E-state index in [-0.39, 0.29) is 5.54 Å². The predicted molar refractivity (Wildman–Crippen MR) is 94.5 cm³/mol. The van der Waals surface area contributed by atoms with E-state index in [9.17, 15) is 0 Å². The second-order valence-electron chi connectivity index (χ2n) is 6.64. The maximum Gasteiger partial charge on any atom is 0.191 e. The molecule has 0 saturated heterocycles. The first kappa shape index (κ1) is 19.2. The SMILES string of the molecule is CCNC(=NCC1(N(C)C)CCCC(C)C1)NCCOCC. The Labute approximate surface area is 136 Å². The molecule has 1 saturated carbocycles. The third-order valence-corrected chi connectivity index (χ3v) is 4.63. The van der Waals surface area contributed by atoms with Crippen LogP contribution in [0, 0.1) is 5.92 Å². The van der Waals surface area contributed by atoms with Crippen LogP contribution in [0.15, 0.2) is 4.99 Å². The Morgan fingerprint density at radius 2 is 2.09 bits per heavy atom. The van der Waals surface area contributed by atoms with Crippen molar-refractivity contribution in [2.24, 2.45) is 10.9 Å². The van der Waals surface area contributed by atoms with Gasteiger partial charge in [-0.15, -0.1) is 0 Å². The highest BCUT2D eigenvalue weighted by atomic mass is 16.5. The molecule has 1 aliphatic carbocycles. The van der Waals surface area contributed by atoms with Gasteiger partial charge in [-0.25, -0.2) is 0 Å². The van der Waals surface area contributed by atoms with Gasteiger partial charge in [-0.05, 0) is 46.7 Å². The van der Waals surface area contributed by atoms with Gasteiger partial charge in [0, 0.05) is 25.2 Å². The van der Waals surface area contributed by atoms with Crippen LogP contribution in [0.25, 0.3) is 0 Å². The van der Waals surface area contributed by atoms with E-state index in [1.807, 2.05) is 6.92 Å². The van der Waals surface area contributed by atoms with Crippen molar-refractivity contribution in [3.63, 3.8) is 0 Å². The second kappa shape index (κ2) is 10.1. The van der Waals surface area contributed by atoms with Crippen molar-refractivity contribution in [1.82, 2.24) is 15.5 Å². The molecular weight excluding hydrogens is 276 g/mol. The van der Waals surface area contributed by atoms with Crippen molar-refractivity contribution in [3.05, 3.63) is 0 Å². The highest BCUT2D eigenvalue weighted by Crippen LogP contribution is 2.35. The molecule has 1 rings (SSSR count). The first-order valence-electron chi connectivity index (χ1n) is 8.81. The molecular formula is C17H36N4O. The summed E-state index contributed by atoms with van der Waals surface area (Å²) in [5.41, 5.74) is 0.208. The van der Waals surface area contributed by atoms with Crippen molar-refractivity contribution < 1.29 is 4.74 Å². The minimum atomic E-state index is 0.208. The van der Waals surface area contributed by atoms with Crippen molar-refractivity contribution in [2.45, 2.75) is 52.0 Å². The first-order chi connectivity index (χ1) is 10.5. The van der Waals surface area contributed by atoms with E-state index in [0.29, 0.717) is 0 Å². The van der Waals surface area contributed by atoms with Crippen LogP contribution in [-0.4, -0.2) is 63.3 Å². The third-order valence-electron chi connectivity index (χ3n) is 4.63. The summed E-state index contributed by atoms with van der Waals surface area (Å²) in [5.74, 6) is 1.70. The summed E-state index contributed by atoms with van der Waals surface area (Å²) in [6, 6.07) is 0. The van der Waals surface area contributed by atoms with Crippen LogP contribution in [0.4, 0.5) is 0 Å². The minimum absolute atomic E-state index is 0.208. The van der Waals surface area contributed by atoms with Crippen LogP contribution in [0.3, 0.4) is 0 Å². The Kier molecular flexibility index (Phi) is 8.79. The number of hydrogen-bond donors (Lipinski definition) is 2. The monoisotopic (exact) mass is 312 g/mol. The summed E-state index contributed by atoms with van der Waals surface area (Å²) < 4.78 is 5.38.